The number of nitrogens with one attached hydrogen (secondary N) is 1. The Morgan fingerprint density at radius 2 is 1.81 bits per heavy atom. The van der Waals surface area contributed by atoms with Gasteiger partial charge in [0.1, 0.15) is 0 Å². The number of carbonyl (C=O) groups is 1. The van der Waals surface area contributed by atoms with Gasteiger partial charge < -0.3 is 5.73 Å². The van der Waals surface area contributed by atoms with Crippen LogP contribution >= 0.6 is 0 Å². The van der Waals surface area contributed by atoms with Crippen LogP contribution in [0, 0.1) is 5.92 Å². The quantitative estimate of drug-likeness (QED) is 0.569. The van der Waals surface area contributed by atoms with E-state index in [2.05, 4.69) is 5.48 Å². The van der Waals surface area contributed by atoms with Crippen LogP contribution in [0.4, 0.5) is 0 Å². The zero-order valence-electron chi connectivity index (χ0n) is 10.4. The van der Waals surface area contributed by atoms with Gasteiger partial charge in [0.05, 0.1) is 12.1 Å². The van der Waals surface area contributed by atoms with Gasteiger partial charge in [0.25, 0.3) is 5.91 Å². The van der Waals surface area contributed by atoms with E-state index in [0.29, 0.717) is 0 Å². The second kappa shape index (κ2) is 6.86. The summed E-state index contributed by atoms with van der Waals surface area (Å²) in [5.41, 5.74) is 8.21. The normalized spacial score (nSPS) is 20.5. The molecule has 0 aromatic rings. The van der Waals surface area contributed by atoms with E-state index in [1.54, 1.807) is 0 Å². The molecule has 0 unspecified atom stereocenters. The molecule has 0 aromatic heterocycles. The first-order chi connectivity index (χ1) is 7.61. The van der Waals surface area contributed by atoms with Crippen molar-refractivity contribution in [3.8, 4) is 0 Å². The summed E-state index contributed by atoms with van der Waals surface area (Å²) in [5, 5.41) is 0. The number of hydrogen-bond acceptors (Lipinski definition) is 3. The first kappa shape index (κ1) is 13.5. The lowest BCUT2D eigenvalue weighted by Gasteiger charge is -2.19. The molecular weight excluding hydrogens is 204 g/mol. The lowest BCUT2D eigenvalue weighted by Crippen LogP contribution is -2.45. The molecule has 1 aliphatic rings. The van der Waals surface area contributed by atoms with Crippen LogP contribution in [-0.2, 0) is 9.63 Å². The Labute approximate surface area is 97.9 Å². The smallest absolute Gasteiger partial charge is 0.260 e. The van der Waals surface area contributed by atoms with E-state index in [0.717, 1.165) is 12.8 Å². The van der Waals surface area contributed by atoms with Crippen molar-refractivity contribution in [2.75, 3.05) is 0 Å². The molecule has 1 amide bonds. The molecule has 1 rings (SSSR count). The summed E-state index contributed by atoms with van der Waals surface area (Å²) < 4.78 is 0. The summed E-state index contributed by atoms with van der Waals surface area (Å²) in [7, 11) is 0. The first-order valence-electron chi connectivity index (χ1n) is 6.32. The van der Waals surface area contributed by atoms with Gasteiger partial charge in [-0.1, -0.05) is 39.5 Å². The molecule has 1 atom stereocenters. The average Bonchev–Trinajstić information content (AvgIpc) is 2.53. The molecule has 0 heterocycles. The molecule has 0 radical (unpaired) electrons. The van der Waals surface area contributed by atoms with Gasteiger partial charge in [-0.05, 0) is 18.8 Å². The Morgan fingerprint density at radius 3 is 2.31 bits per heavy atom. The molecule has 0 saturated heterocycles. The van der Waals surface area contributed by atoms with Crippen LogP contribution in [0.25, 0.3) is 0 Å². The van der Waals surface area contributed by atoms with Crippen molar-refractivity contribution < 1.29 is 9.63 Å². The summed E-state index contributed by atoms with van der Waals surface area (Å²) in [6.45, 7) is 3.85. The Bertz CT molecular complexity index is 211. The molecule has 0 bridgehead atoms. The standard InChI is InChI=1S/C12H24N2O2/c1-9(2)11(13)12(15)14-16-10-7-5-3-4-6-8-10/h9-11H,3-8,13H2,1-2H3,(H,14,15)/t11-/m0/s1. The minimum atomic E-state index is -0.481. The van der Waals surface area contributed by atoms with Crippen molar-refractivity contribution in [1.29, 1.82) is 0 Å². The van der Waals surface area contributed by atoms with E-state index in [9.17, 15) is 4.79 Å². The van der Waals surface area contributed by atoms with Gasteiger partial charge in [0.15, 0.2) is 0 Å². The van der Waals surface area contributed by atoms with Crippen molar-refractivity contribution in [2.45, 2.75) is 64.5 Å². The van der Waals surface area contributed by atoms with Gasteiger partial charge in [-0.25, -0.2) is 5.48 Å². The Morgan fingerprint density at radius 1 is 1.25 bits per heavy atom. The lowest BCUT2D eigenvalue weighted by atomic mass is 10.1. The average molecular weight is 228 g/mol. The topological polar surface area (TPSA) is 64.4 Å². The molecule has 16 heavy (non-hydrogen) atoms. The molecule has 0 aliphatic heterocycles. The number of carbonyl (C=O) groups excluding carboxylic acids is 1. The maximum Gasteiger partial charge on any atom is 0.260 e. The zero-order chi connectivity index (χ0) is 12.0. The molecule has 3 N–H and O–H groups in total. The van der Waals surface area contributed by atoms with E-state index in [1.807, 2.05) is 13.8 Å². The number of hydroxylamine groups is 1. The van der Waals surface area contributed by atoms with Crippen molar-refractivity contribution in [3.05, 3.63) is 0 Å². The third-order valence-electron chi connectivity index (χ3n) is 3.15. The predicted molar refractivity (Wildman–Crippen MR) is 63.5 cm³/mol. The number of hydrogen-bond donors (Lipinski definition) is 2. The van der Waals surface area contributed by atoms with E-state index in [1.165, 1.54) is 25.7 Å². The molecule has 4 nitrogen and oxygen atoms in total. The third-order valence-corrected chi connectivity index (χ3v) is 3.15. The van der Waals surface area contributed by atoms with Crippen LogP contribution in [-0.4, -0.2) is 18.1 Å². The van der Waals surface area contributed by atoms with Crippen LogP contribution in [0.5, 0.6) is 0 Å². The highest BCUT2D eigenvalue weighted by Gasteiger charge is 2.19. The molecule has 1 aliphatic carbocycles. The Hall–Kier alpha value is -0.610. The van der Waals surface area contributed by atoms with Crippen molar-refractivity contribution in [3.63, 3.8) is 0 Å². The van der Waals surface area contributed by atoms with Crippen LogP contribution in [0.1, 0.15) is 52.4 Å². The molecule has 1 fully saturated rings. The lowest BCUT2D eigenvalue weighted by molar-refractivity contribution is -0.141. The van der Waals surface area contributed by atoms with Gasteiger partial charge in [-0.3, -0.25) is 9.63 Å². The van der Waals surface area contributed by atoms with Crippen LogP contribution in [0.3, 0.4) is 0 Å². The van der Waals surface area contributed by atoms with Gasteiger partial charge in [-0.15, -0.1) is 0 Å². The third kappa shape index (κ3) is 4.49. The molecule has 4 heteroatoms. The SMILES string of the molecule is CC(C)[C@H](N)C(=O)NOC1CCCCCC1. The fourth-order valence-corrected chi connectivity index (χ4v) is 1.87. The minimum Gasteiger partial charge on any atom is -0.320 e. The second-order valence-corrected chi connectivity index (χ2v) is 4.97. The van der Waals surface area contributed by atoms with E-state index in [-0.39, 0.29) is 17.9 Å². The number of rotatable bonds is 4. The van der Waals surface area contributed by atoms with Crippen molar-refractivity contribution in [2.24, 2.45) is 11.7 Å². The first-order valence-corrected chi connectivity index (χ1v) is 6.32. The predicted octanol–water partition coefficient (Wildman–Crippen LogP) is 1.74. The van der Waals surface area contributed by atoms with Gasteiger partial charge in [0, 0.05) is 0 Å². The zero-order valence-corrected chi connectivity index (χ0v) is 10.4. The minimum absolute atomic E-state index is 0.137. The van der Waals surface area contributed by atoms with E-state index in [4.69, 9.17) is 10.6 Å². The Balaban J connectivity index is 2.24. The number of amides is 1. The summed E-state index contributed by atoms with van der Waals surface area (Å²) in [4.78, 5) is 17.0. The summed E-state index contributed by atoms with van der Waals surface area (Å²) in [5.74, 6) is -0.0722. The van der Waals surface area contributed by atoms with Gasteiger partial charge in [0.2, 0.25) is 0 Å². The molecule has 1 saturated carbocycles. The van der Waals surface area contributed by atoms with Gasteiger partial charge >= 0.3 is 0 Å². The maximum absolute atomic E-state index is 11.6. The fourth-order valence-electron chi connectivity index (χ4n) is 1.87. The maximum atomic E-state index is 11.6. The summed E-state index contributed by atoms with van der Waals surface area (Å²) in [6, 6.07) is -0.481. The van der Waals surface area contributed by atoms with Gasteiger partial charge in [-0.2, -0.15) is 0 Å². The van der Waals surface area contributed by atoms with Crippen molar-refractivity contribution in [1.82, 2.24) is 5.48 Å². The molecule has 94 valence electrons. The highest BCUT2D eigenvalue weighted by molar-refractivity contribution is 5.80. The highest BCUT2D eigenvalue weighted by atomic mass is 16.7. The van der Waals surface area contributed by atoms with E-state index < -0.39 is 6.04 Å². The number of nitrogens with two attached hydrogens (primary N) is 1. The van der Waals surface area contributed by atoms with Crippen LogP contribution in [0.2, 0.25) is 0 Å². The molecule has 0 spiro atoms. The Kier molecular flexibility index (Phi) is 5.77. The van der Waals surface area contributed by atoms with Crippen LogP contribution < -0.4 is 11.2 Å². The largest absolute Gasteiger partial charge is 0.320 e. The fraction of sp³-hybridized carbons (Fsp3) is 0.917. The summed E-state index contributed by atoms with van der Waals surface area (Å²) in [6.07, 6.45) is 7.19. The highest BCUT2D eigenvalue weighted by Crippen LogP contribution is 2.18. The molecule has 0 aromatic carbocycles. The van der Waals surface area contributed by atoms with Crippen molar-refractivity contribution >= 4 is 5.91 Å². The van der Waals surface area contributed by atoms with Crippen LogP contribution in [0.15, 0.2) is 0 Å². The van der Waals surface area contributed by atoms with E-state index >= 15 is 0 Å². The second-order valence-electron chi connectivity index (χ2n) is 4.97. The summed E-state index contributed by atoms with van der Waals surface area (Å²) >= 11 is 0. The molecular formula is C12H24N2O2. The monoisotopic (exact) mass is 228 g/mol.